The van der Waals surface area contributed by atoms with Crippen molar-refractivity contribution in [2.75, 3.05) is 15.1 Å². The number of nitrogens with zero attached hydrogens (tertiary/aromatic N) is 2. The van der Waals surface area contributed by atoms with Crippen LogP contribution >= 0.6 is 0 Å². The number of nitrogens with one attached hydrogen (secondary N) is 1. The minimum Gasteiger partial charge on any atom is -0.352 e. The summed E-state index contributed by atoms with van der Waals surface area (Å²) in [5.74, 6) is 0. The highest BCUT2D eigenvalue weighted by Crippen LogP contribution is 2.59. The molecule has 2 heterocycles. The van der Waals surface area contributed by atoms with Gasteiger partial charge in [-0.05, 0) is 57.2 Å². The molecular formula is C22H21N3. The van der Waals surface area contributed by atoms with Crippen molar-refractivity contribution >= 4 is 39.8 Å². The smallest absolute Gasteiger partial charge is 0.0938 e. The molecular weight excluding hydrogens is 306 g/mol. The van der Waals surface area contributed by atoms with Crippen LogP contribution in [0.5, 0.6) is 0 Å². The number of anilines is 7. The van der Waals surface area contributed by atoms with Gasteiger partial charge in [0.05, 0.1) is 39.8 Å². The topological polar surface area (TPSA) is 18.5 Å². The summed E-state index contributed by atoms with van der Waals surface area (Å²) in [5.41, 5.74) is 8.42. The molecule has 0 aromatic heterocycles. The largest absolute Gasteiger partial charge is 0.352 e. The standard InChI is InChI=1S/C22H21N3/c1-22(2,3)25-19-13-7-6-12-18(19)24-17-11-5-4-9-15(17)23-16-10-8-14-20(25)21(16)24/h4-14,23H,1-3H3. The molecule has 0 unspecified atom stereocenters. The van der Waals surface area contributed by atoms with Crippen LogP contribution in [0.4, 0.5) is 39.8 Å². The van der Waals surface area contributed by atoms with Gasteiger partial charge in [-0.1, -0.05) is 30.3 Å². The van der Waals surface area contributed by atoms with Crippen molar-refractivity contribution in [2.45, 2.75) is 26.3 Å². The fraction of sp³-hybridized carbons (Fsp3) is 0.182. The molecule has 124 valence electrons. The van der Waals surface area contributed by atoms with Gasteiger partial charge in [-0.15, -0.1) is 0 Å². The SMILES string of the molecule is CC(C)(C)N1c2ccccc2N2c3ccccc3Nc3cccc1c32. The zero-order valence-electron chi connectivity index (χ0n) is 14.7. The maximum Gasteiger partial charge on any atom is 0.0938 e. The molecule has 0 atom stereocenters. The monoisotopic (exact) mass is 327 g/mol. The van der Waals surface area contributed by atoms with Gasteiger partial charge >= 0.3 is 0 Å². The summed E-state index contributed by atoms with van der Waals surface area (Å²) in [4.78, 5) is 4.85. The van der Waals surface area contributed by atoms with Gasteiger partial charge in [-0.2, -0.15) is 0 Å². The zero-order chi connectivity index (χ0) is 17.2. The molecule has 0 aliphatic carbocycles. The molecule has 0 saturated carbocycles. The van der Waals surface area contributed by atoms with Crippen LogP contribution in [0.1, 0.15) is 20.8 Å². The molecule has 3 nitrogen and oxygen atoms in total. The van der Waals surface area contributed by atoms with E-state index in [1.807, 2.05) is 0 Å². The Morgan fingerprint density at radius 2 is 1.24 bits per heavy atom. The fourth-order valence-corrected chi connectivity index (χ4v) is 4.03. The molecule has 0 spiro atoms. The fourth-order valence-electron chi connectivity index (χ4n) is 4.03. The van der Waals surface area contributed by atoms with E-state index in [-0.39, 0.29) is 5.54 Å². The zero-order valence-corrected chi connectivity index (χ0v) is 14.7. The quantitative estimate of drug-likeness (QED) is 0.399. The Morgan fingerprint density at radius 1 is 0.640 bits per heavy atom. The maximum absolute atomic E-state index is 3.61. The highest BCUT2D eigenvalue weighted by atomic mass is 15.3. The van der Waals surface area contributed by atoms with E-state index in [1.54, 1.807) is 0 Å². The summed E-state index contributed by atoms with van der Waals surface area (Å²) < 4.78 is 0. The summed E-state index contributed by atoms with van der Waals surface area (Å²) >= 11 is 0. The lowest BCUT2D eigenvalue weighted by Crippen LogP contribution is -2.41. The third-order valence-corrected chi connectivity index (χ3v) is 4.93. The molecule has 0 fully saturated rings. The lowest BCUT2D eigenvalue weighted by molar-refractivity contribution is 0.559. The van der Waals surface area contributed by atoms with Crippen molar-refractivity contribution in [1.29, 1.82) is 0 Å². The Labute approximate surface area is 148 Å². The summed E-state index contributed by atoms with van der Waals surface area (Å²) in [6, 6.07) is 23.7. The first-order valence-electron chi connectivity index (χ1n) is 8.74. The molecule has 5 rings (SSSR count). The molecule has 0 radical (unpaired) electrons. The molecule has 0 bridgehead atoms. The maximum atomic E-state index is 3.61. The van der Waals surface area contributed by atoms with Crippen molar-refractivity contribution in [2.24, 2.45) is 0 Å². The van der Waals surface area contributed by atoms with Gasteiger partial charge in [0.1, 0.15) is 0 Å². The van der Waals surface area contributed by atoms with Crippen molar-refractivity contribution in [1.82, 2.24) is 0 Å². The highest BCUT2D eigenvalue weighted by molar-refractivity contribution is 6.08. The summed E-state index contributed by atoms with van der Waals surface area (Å²) in [7, 11) is 0. The summed E-state index contributed by atoms with van der Waals surface area (Å²) in [5, 5.41) is 3.61. The number of fused-ring (bicyclic) bond motifs is 4. The molecule has 0 saturated heterocycles. The van der Waals surface area contributed by atoms with E-state index in [1.165, 1.54) is 28.4 Å². The Bertz CT molecular complexity index is 985. The van der Waals surface area contributed by atoms with Crippen molar-refractivity contribution in [3.05, 3.63) is 66.7 Å². The van der Waals surface area contributed by atoms with Crippen LogP contribution in [-0.4, -0.2) is 5.54 Å². The predicted molar refractivity (Wildman–Crippen MR) is 106 cm³/mol. The second kappa shape index (κ2) is 4.79. The minimum atomic E-state index is -0.0196. The Balaban J connectivity index is 1.88. The van der Waals surface area contributed by atoms with Crippen LogP contribution in [0.25, 0.3) is 0 Å². The number of benzene rings is 3. The molecule has 3 heteroatoms. The molecule has 2 aliphatic rings. The van der Waals surface area contributed by atoms with E-state index in [0.29, 0.717) is 0 Å². The van der Waals surface area contributed by atoms with Gasteiger partial charge in [0.2, 0.25) is 0 Å². The van der Waals surface area contributed by atoms with Gasteiger partial charge in [-0.3, -0.25) is 0 Å². The first-order valence-corrected chi connectivity index (χ1v) is 8.74. The Morgan fingerprint density at radius 3 is 2.00 bits per heavy atom. The average molecular weight is 327 g/mol. The third kappa shape index (κ3) is 1.92. The summed E-state index contributed by atoms with van der Waals surface area (Å²) in [6.07, 6.45) is 0. The average Bonchev–Trinajstić information content (AvgIpc) is 2.60. The second-order valence-corrected chi connectivity index (χ2v) is 7.65. The van der Waals surface area contributed by atoms with Crippen LogP contribution in [-0.2, 0) is 0 Å². The number of para-hydroxylation sites is 5. The van der Waals surface area contributed by atoms with Gasteiger partial charge in [0.25, 0.3) is 0 Å². The van der Waals surface area contributed by atoms with E-state index in [2.05, 4.69) is 103 Å². The second-order valence-electron chi connectivity index (χ2n) is 7.65. The molecule has 1 N–H and O–H groups in total. The Kier molecular flexibility index (Phi) is 2.76. The van der Waals surface area contributed by atoms with Gasteiger partial charge in [0.15, 0.2) is 0 Å². The van der Waals surface area contributed by atoms with E-state index in [4.69, 9.17) is 0 Å². The van der Waals surface area contributed by atoms with Crippen LogP contribution < -0.4 is 15.1 Å². The minimum absolute atomic E-state index is 0.0196. The van der Waals surface area contributed by atoms with E-state index in [9.17, 15) is 0 Å². The number of hydrogen-bond donors (Lipinski definition) is 1. The van der Waals surface area contributed by atoms with Gasteiger partial charge < -0.3 is 15.1 Å². The van der Waals surface area contributed by atoms with Crippen molar-refractivity contribution < 1.29 is 0 Å². The first kappa shape index (κ1) is 14.4. The van der Waals surface area contributed by atoms with Gasteiger partial charge in [-0.25, -0.2) is 0 Å². The molecule has 3 aromatic carbocycles. The van der Waals surface area contributed by atoms with Crippen LogP contribution in [0.3, 0.4) is 0 Å². The molecule has 3 aromatic rings. The van der Waals surface area contributed by atoms with E-state index >= 15 is 0 Å². The third-order valence-electron chi connectivity index (χ3n) is 4.93. The van der Waals surface area contributed by atoms with Crippen molar-refractivity contribution in [3.8, 4) is 0 Å². The van der Waals surface area contributed by atoms with Crippen molar-refractivity contribution in [3.63, 3.8) is 0 Å². The molecule has 0 amide bonds. The van der Waals surface area contributed by atoms with E-state index in [0.717, 1.165) is 11.4 Å². The summed E-state index contributed by atoms with van der Waals surface area (Å²) in [6.45, 7) is 6.80. The lowest BCUT2D eigenvalue weighted by Gasteiger charge is -2.48. The normalized spacial score (nSPS) is 14.4. The van der Waals surface area contributed by atoms with Crippen LogP contribution in [0.15, 0.2) is 66.7 Å². The van der Waals surface area contributed by atoms with E-state index < -0.39 is 0 Å². The molecule has 2 aliphatic heterocycles. The lowest BCUT2D eigenvalue weighted by atomic mass is 9.96. The predicted octanol–water partition coefficient (Wildman–Crippen LogP) is 6.46. The molecule has 25 heavy (non-hydrogen) atoms. The first-order chi connectivity index (χ1) is 12.1. The van der Waals surface area contributed by atoms with Crippen LogP contribution in [0, 0.1) is 0 Å². The highest BCUT2D eigenvalue weighted by Gasteiger charge is 2.38. The number of hydrogen-bond acceptors (Lipinski definition) is 3. The Hall–Kier alpha value is -2.94. The number of rotatable bonds is 0. The van der Waals surface area contributed by atoms with Gasteiger partial charge in [0, 0.05) is 5.54 Å². The van der Waals surface area contributed by atoms with Crippen LogP contribution in [0.2, 0.25) is 0 Å².